The van der Waals surface area contributed by atoms with Gasteiger partial charge >= 0.3 is 0 Å². The van der Waals surface area contributed by atoms with Gasteiger partial charge in [-0.1, -0.05) is 358 Å². The van der Waals surface area contributed by atoms with Crippen LogP contribution >= 0.6 is 0 Å². The van der Waals surface area contributed by atoms with Crippen LogP contribution in [0.4, 0.5) is 11.4 Å². The number of aliphatic imine (C=N–C) groups is 2. The van der Waals surface area contributed by atoms with Gasteiger partial charge in [0.05, 0.1) is 17.1 Å². The van der Waals surface area contributed by atoms with Gasteiger partial charge in [-0.05, 0) is 100 Å². The van der Waals surface area contributed by atoms with Gasteiger partial charge in [0.15, 0.2) is 0 Å². The molecule has 0 bridgehead atoms. The summed E-state index contributed by atoms with van der Waals surface area (Å²) >= 11 is 0. The first-order valence-electron chi connectivity index (χ1n) is 35.4. The minimum absolute atomic E-state index is 0. The van der Waals surface area contributed by atoms with Gasteiger partial charge in [0.2, 0.25) is 0 Å². The molecule has 0 amide bonds. The molecule has 0 spiro atoms. The zero-order chi connectivity index (χ0) is 55.4. The number of hydrogen-bond acceptors (Lipinski definition) is 2. The topological polar surface area (TPSA) is 24.7 Å². The maximum Gasteiger partial charge on any atom is 0.0665 e. The maximum absolute atomic E-state index is 5.26. The third-order valence-electron chi connectivity index (χ3n) is 16.8. The zero-order valence-corrected chi connectivity index (χ0v) is 54.1. The molecule has 2 rings (SSSR count). The van der Waals surface area contributed by atoms with Crippen molar-refractivity contribution >= 4 is 23.3 Å². The molecule has 0 N–H and O–H groups in total. The second kappa shape index (κ2) is 61.8. The van der Waals surface area contributed by atoms with Crippen LogP contribution < -0.4 is 0 Å². The van der Waals surface area contributed by atoms with Crippen molar-refractivity contribution in [2.75, 3.05) is 0 Å². The molecular formula is C76H132N2Ni. The van der Waals surface area contributed by atoms with Crippen molar-refractivity contribution in [1.82, 2.24) is 0 Å². The van der Waals surface area contributed by atoms with Gasteiger partial charge in [-0.2, -0.15) is 0 Å². The van der Waals surface area contributed by atoms with Gasteiger partial charge < -0.3 is 0 Å². The molecule has 2 nitrogen and oxygen atoms in total. The Morgan fingerprint density at radius 2 is 0.544 bits per heavy atom. The SMILES string of the molecule is CCCCCCCCCCCCCCCCCCCCCCCC/C=C/CCCc1ccccc1N=CC(CCCC)=Nc1ccccc1CCC/C=C/CCCCCCCCCCCCCCCCCCCCCCCC.[Ni]. The molecule has 0 heterocycles. The molecule has 79 heavy (non-hydrogen) atoms. The van der Waals surface area contributed by atoms with E-state index in [0.717, 1.165) is 62.0 Å². The summed E-state index contributed by atoms with van der Waals surface area (Å²) in [6.45, 7) is 6.89. The van der Waals surface area contributed by atoms with Crippen LogP contribution in [-0.4, -0.2) is 11.9 Å². The van der Waals surface area contributed by atoms with Crippen LogP contribution in [0.1, 0.15) is 372 Å². The number of benzene rings is 2. The predicted molar refractivity (Wildman–Crippen MR) is 356 cm³/mol. The fraction of sp³-hybridized carbons (Fsp3) is 0.763. The molecule has 0 saturated heterocycles. The summed E-state index contributed by atoms with van der Waals surface area (Å²) in [6, 6.07) is 17.6. The number of para-hydroxylation sites is 2. The first-order chi connectivity index (χ1) is 38.8. The predicted octanol–water partition coefficient (Wildman–Crippen LogP) is 27.1. The third kappa shape index (κ3) is 50.0. The number of aryl methyl sites for hydroxylation is 2. The largest absolute Gasteiger partial charge is 0.255 e. The number of hydrogen-bond donors (Lipinski definition) is 0. The molecule has 0 aliphatic carbocycles. The fourth-order valence-corrected chi connectivity index (χ4v) is 11.5. The van der Waals surface area contributed by atoms with E-state index in [1.54, 1.807) is 0 Å². The van der Waals surface area contributed by atoms with E-state index in [1.807, 2.05) is 0 Å². The van der Waals surface area contributed by atoms with Crippen LogP contribution in [0.2, 0.25) is 0 Å². The van der Waals surface area contributed by atoms with Crippen molar-refractivity contribution in [3.8, 4) is 0 Å². The normalized spacial score (nSPS) is 12.1. The average molecular weight is 1130 g/mol. The molecule has 0 atom stereocenters. The van der Waals surface area contributed by atoms with Gasteiger partial charge in [0, 0.05) is 22.7 Å². The summed E-state index contributed by atoms with van der Waals surface area (Å²) in [5, 5.41) is 0. The first-order valence-corrected chi connectivity index (χ1v) is 35.4. The van der Waals surface area contributed by atoms with E-state index in [9.17, 15) is 0 Å². The molecule has 0 unspecified atom stereocenters. The monoisotopic (exact) mass is 1130 g/mol. The summed E-state index contributed by atoms with van der Waals surface area (Å²) in [4.78, 5) is 10.4. The van der Waals surface area contributed by atoms with Crippen molar-refractivity contribution in [1.29, 1.82) is 0 Å². The summed E-state index contributed by atoms with van der Waals surface area (Å²) in [7, 11) is 0. The zero-order valence-electron chi connectivity index (χ0n) is 53.1. The van der Waals surface area contributed by atoms with Crippen molar-refractivity contribution in [2.24, 2.45) is 9.98 Å². The smallest absolute Gasteiger partial charge is 0.0665 e. The third-order valence-corrected chi connectivity index (χ3v) is 16.8. The summed E-state index contributed by atoms with van der Waals surface area (Å²) in [5.41, 5.74) is 6.02. The van der Waals surface area contributed by atoms with E-state index in [0.29, 0.717) is 0 Å². The van der Waals surface area contributed by atoms with Gasteiger partial charge in [-0.3, -0.25) is 9.98 Å². The van der Waals surface area contributed by atoms with Gasteiger partial charge in [-0.15, -0.1) is 0 Å². The molecule has 0 aliphatic rings. The molecule has 2 aromatic carbocycles. The van der Waals surface area contributed by atoms with E-state index in [1.165, 1.54) is 319 Å². The van der Waals surface area contributed by atoms with Crippen LogP contribution in [-0.2, 0) is 29.3 Å². The number of allylic oxidation sites excluding steroid dienone is 4. The molecule has 456 valence electrons. The number of nitrogens with zero attached hydrogens (tertiary/aromatic N) is 2. The van der Waals surface area contributed by atoms with Crippen LogP contribution in [0, 0.1) is 0 Å². The molecule has 0 aliphatic heterocycles. The first kappa shape index (κ1) is 74.8. The van der Waals surface area contributed by atoms with Crippen molar-refractivity contribution in [2.45, 2.75) is 374 Å². The quantitative estimate of drug-likeness (QED) is 0.0273. The average Bonchev–Trinajstić information content (AvgIpc) is 3.46. The summed E-state index contributed by atoms with van der Waals surface area (Å²) in [5.74, 6) is 0. The molecule has 0 saturated carbocycles. The van der Waals surface area contributed by atoms with E-state index >= 15 is 0 Å². The summed E-state index contributed by atoms with van der Waals surface area (Å²) in [6.07, 6.45) is 88.0. The number of unbranched alkanes of at least 4 members (excludes halogenated alkanes) is 47. The Labute approximate surface area is 504 Å². The summed E-state index contributed by atoms with van der Waals surface area (Å²) < 4.78 is 0. The van der Waals surface area contributed by atoms with E-state index in [2.05, 4.69) is 99.8 Å². The van der Waals surface area contributed by atoms with E-state index in [-0.39, 0.29) is 16.5 Å². The Morgan fingerprint density at radius 1 is 0.291 bits per heavy atom. The second-order valence-electron chi connectivity index (χ2n) is 24.4. The van der Waals surface area contributed by atoms with Crippen molar-refractivity contribution < 1.29 is 16.5 Å². The van der Waals surface area contributed by atoms with Gasteiger partial charge in [0.1, 0.15) is 0 Å². The van der Waals surface area contributed by atoms with E-state index < -0.39 is 0 Å². The molecule has 3 heteroatoms. The Kier molecular flexibility index (Phi) is 58.5. The minimum Gasteiger partial charge on any atom is -0.255 e. The Hall–Kier alpha value is -2.25. The molecule has 2 aromatic rings. The Balaban J connectivity index is 0.0000312. The van der Waals surface area contributed by atoms with Crippen LogP contribution in [0.3, 0.4) is 0 Å². The van der Waals surface area contributed by atoms with Crippen molar-refractivity contribution in [3.63, 3.8) is 0 Å². The van der Waals surface area contributed by atoms with Crippen LogP contribution in [0.25, 0.3) is 0 Å². The van der Waals surface area contributed by atoms with E-state index in [4.69, 9.17) is 9.98 Å². The van der Waals surface area contributed by atoms with Crippen LogP contribution in [0.15, 0.2) is 82.8 Å². The van der Waals surface area contributed by atoms with Crippen LogP contribution in [0.5, 0.6) is 0 Å². The Morgan fingerprint density at radius 3 is 0.861 bits per heavy atom. The standard InChI is InChI=1S/C76H132N2.Ni/c1-4-7-10-12-14-16-18-20-22-24-26-28-30-32-34-36-38-40-42-44-46-48-50-52-54-56-58-64-72-66-60-62-69-75(72)77-71-74(68-9-6-3)78-76-70-63-61-67-73(76)65-59-57-55-53-51-49-47-45-43-41-39-37-35-33-31-29-27-25-23-21-19-17-15-13-11-8-5-2;/h52-55,60-63,66-67,69-71H,4-51,56-59,64-65,68H2,1-3H3;/b54-52+,55-53+,77-71?,78-74?;. The number of rotatable bonds is 60. The van der Waals surface area contributed by atoms with Gasteiger partial charge in [0.25, 0.3) is 0 Å². The molecular weight excluding hydrogens is 1000 g/mol. The second-order valence-corrected chi connectivity index (χ2v) is 24.4. The maximum atomic E-state index is 5.26. The van der Waals surface area contributed by atoms with Gasteiger partial charge in [-0.25, -0.2) is 0 Å². The van der Waals surface area contributed by atoms with Crippen molar-refractivity contribution in [3.05, 3.63) is 84.0 Å². The minimum atomic E-state index is 0. The fourth-order valence-electron chi connectivity index (χ4n) is 11.5. The Bertz CT molecular complexity index is 1650. The molecule has 0 fully saturated rings. The molecule has 0 radical (unpaired) electrons. The molecule has 0 aromatic heterocycles.